The van der Waals surface area contributed by atoms with E-state index in [0.717, 1.165) is 0 Å². The van der Waals surface area contributed by atoms with Crippen molar-refractivity contribution in [3.05, 3.63) is 47.0 Å². The van der Waals surface area contributed by atoms with Crippen molar-refractivity contribution in [2.45, 2.75) is 26.2 Å². The first-order chi connectivity index (χ1) is 6.86. The summed E-state index contributed by atoms with van der Waals surface area (Å²) < 4.78 is 0. The zero-order valence-corrected chi connectivity index (χ0v) is 8.51. The van der Waals surface area contributed by atoms with Crippen molar-refractivity contribution >= 4 is 10.8 Å². The minimum atomic E-state index is 1.28. The molecule has 1 aliphatic carbocycles. The standard InChI is InChI=1S/C14H14/c1-10-13-7-3-2-5-11(13)9-12-6-4-8-14(10)12/h2-3,5,7,9H,4,6,8H2,1H3. The third-order valence-corrected chi connectivity index (χ3v) is 3.41. The summed E-state index contributed by atoms with van der Waals surface area (Å²) in [6, 6.07) is 11.1. The summed E-state index contributed by atoms with van der Waals surface area (Å²) in [4.78, 5) is 0. The minimum Gasteiger partial charge on any atom is -0.0616 e. The van der Waals surface area contributed by atoms with Gasteiger partial charge in [-0.2, -0.15) is 0 Å². The Hall–Kier alpha value is -1.30. The number of hydrogen-bond donors (Lipinski definition) is 0. The molecule has 0 saturated heterocycles. The van der Waals surface area contributed by atoms with E-state index < -0.39 is 0 Å². The van der Waals surface area contributed by atoms with Crippen molar-refractivity contribution in [1.29, 1.82) is 0 Å². The number of aryl methyl sites for hydroxylation is 2. The second-order valence-corrected chi connectivity index (χ2v) is 4.21. The lowest BCUT2D eigenvalue weighted by Crippen LogP contribution is -1.89. The number of benzene rings is 2. The fourth-order valence-corrected chi connectivity index (χ4v) is 2.67. The van der Waals surface area contributed by atoms with Gasteiger partial charge in [0.15, 0.2) is 0 Å². The molecule has 0 N–H and O–H groups in total. The molecule has 0 amide bonds. The normalized spacial score (nSPS) is 14.6. The Morgan fingerprint density at radius 1 is 1.07 bits per heavy atom. The summed E-state index contributed by atoms with van der Waals surface area (Å²) in [5.74, 6) is 0. The van der Waals surface area contributed by atoms with Crippen LogP contribution in [0, 0.1) is 6.92 Å². The van der Waals surface area contributed by atoms with Gasteiger partial charge in [0.05, 0.1) is 0 Å². The van der Waals surface area contributed by atoms with Crippen molar-refractivity contribution in [3.8, 4) is 0 Å². The van der Waals surface area contributed by atoms with Crippen LogP contribution in [-0.2, 0) is 12.8 Å². The molecule has 0 aliphatic heterocycles. The lowest BCUT2D eigenvalue weighted by molar-refractivity contribution is 0.910. The van der Waals surface area contributed by atoms with Crippen LogP contribution >= 0.6 is 0 Å². The third-order valence-electron chi connectivity index (χ3n) is 3.41. The van der Waals surface area contributed by atoms with Crippen LogP contribution in [0.2, 0.25) is 0 Å². The Bertz CT molecular complexity index is 495. The first-order valence-electron chi connectivity index (χ1n) is 5.36. The first-order valence-corrected chi connectivity index (χ1v) is 5.36. The maximum atomic E-state index is 2.38. The van der Waals surface area contributed by atoms with Crippen molar-refractivity contribution in [2.75, 3.05) is 0 Å². The van der Waals surface area contributed by atoms with Gasteiger partial charge in [0.25, 0.3) is 0 Å². The van der Waals surface area contributed by atoms with Crippen molar-refractivity contribution in [1.82, 2.24) is 0 Å². The van der Waals surface area contributed by atoms with Gasteiger partial charge in [-0.1, -0.05) is 30.3 Å². The smallest absolute Gasteiger partial charge is 0.0152 e. The van der Waals surface area contributed by atoms with E-state index in [2.05, 4.69) is 37.3 Å². The van der Waals surface area contributed by atoms with Crippen LogP contribution in [-0.4, -0.2) is 0 Å². The Labute approximate surface area is 84.6 Å². The zero-order chi connectivity index (χ0) is 9.54. The molecule has 0 saturated carbocycles. The molecular formula is C14H14. The molecule has 0 heteroatoms. The molecule has 14 heavy (non-hydrogen) atoms. The molecule has 2 aromatic carbocycles. The molecule has 70 valence electrons. The van der Waals surface area contributed by atoms with Gasteiger partial charge in [-0.3, -0.25) is 0 Å². The van der Waals surface area contributed by atoms with E-state index in [9.17, 15) is 0 Å². The van der Waals surface area contributed by atoms with E-state index in [4.69, 9.17) is 0 Å². The second-order valence-electron chi connectivity index (χ2n) is 4.21. The van der Waals surface area contributed by atoms with Gasteiger partial charge < -0.3 is 0 Å². The van der Waals surface area contributed by atoms with Crippen LogP contribution in [0.5, 0.6) is 0 Å². The van der Waals surface area contributed by atoms with Gasteiger partial charge in [0.1, 0.15) is 0 Å². The number of hydrogen-bond acceptors (Lipinski definition) is 0. The Kier molecular flexibility index (Phi) is 1.63. The summed E-state index contributed by atoms with van der Waals surface area (Å²) >= 11 is 0. The lowest BCUT2D eigenvalue weighted by atomic mass is 9.97. The highest BCUT2D eigenvalue weighted by Crippen LogP contribution is 2.31. The molecule has 0 heterocycles. The predicted molar refractivity (Wildman–Crippen MR) is 60.7 cm³/mol. The summed E-state index contributed by atoms with van der Waals surface area (Å²) in [6.07, 6.45) is 3.90. The molecule has 3 rings (SSSR count). The molecule has 0 fully saturated rings. The van der Waals surface area contributed by atoms with Gasteiger partial charge in [-0.05, 0) is 53.6 Å². The monoisotopic (exact) mass is 182 g/mol. The van der Waals surface area contributed by atoms with Crippen LogP contribution in [0.4, 0.5) is 0 Å². The topological polar surface area (TPSA) is 0 Å². The second kappa shape index (κ2) is 2.84. The minimum absolute atomic E-state index is 1.28. The Morgan fingerprint density at radius 3 is 2.86 bits per heavy atom. The van der Waals surface area contributed by atoms with Crippen molar-refractivity contribution in [3.63, 3.8) is 0 Å². The van der Waals surface area contributed by atoms with Gasteiger partial charge in [0, 0.05) is 0 Å². The summed E-state index contributed by atoms with van der Waals surface area (Å²) in [5, 5.41) is 2.85. The summed E-state index contributed by atoms with van der Waals surface area (Å²) in [5.41, 5.74) is 4.71. The molecule has 0 atom stereocenters. The summed E-state index contributed by atoms with van der Waals surface area (Å²) in [6.45, 7) is 2.27. The largest absolute Gasteiger partial charge is 0.0616 e. The van der Waals surface area contributed by atoms with E-state index in [-0.39, 0.29) is 0 Å². The molecule has 0 spiro atoms. The van der Waals surface area contributed by atoms with E-state index in [1.807, 2.05) is 0 Å². The number of rotatable bonds is 0. The Balaban J connectivity index is 2.44. The molecule has 2 aromatic rings. The van der Waals surface area contributed by atoms with E-state index in [1.54, 1.807) is 11.1 Å². The van der Waals surface area contributed by atoms with Crippen molar-refractivity contribution in [2.24, 2.45) is 0 Å². The molecule has 0 nitrogen and oxygen atoms in total. The van der Waals surface area contributed by atoms with Crippen LogP contribution in [0.25, 0.3) is 10.8 Å². The average molecular weight is 182 g/mol. The number of fused-ring (bicyclic) bond motifs is 2. The maximum Gasteiger partial charge on any atom is -0.0152 e. The highest BCUT2D eigenvalue weighted by Gasteiger charge is 2.14. The Morgan fingerprint density at radius 2 is 1.93 bits per heavy atom. The van der Waals surface area contributed by atoms with Crippen LogP contribution < -0.4 is 0 Å². The van der Waals surface area contributed by atoms with Gasteiger partial charge in [0.2, 0.25) is 0 Å². The van der Waals surface area contributed by atoms with Crippen LogP contribution in [0.3, 0.4) is 0 Å². The maximum absolute atomic E-state index is 2.38. The van der Waals surface area contributed by atoms with Crippen LogP contribution in [0.15, 0.2) is 30.3 Å². The van der Waals surface area contributed by atoms with Gasteiger partial charge >= 0.3 is 0 Å². The SMILES string of the molecule is Cc1c2c(cc3ccccc13)CCC2. The van der Waals surface area contributed by atoms with E-state index >= 15 is 0 Å². The summed E-state index contributed by atoms with van der Waals surface area (Å²) in [7, 11) is 0. The molecule has 0 aromatic heterocycles. The molecule has 0 unspecified atom stereocenters. The van der Waals surface area contributed by atoms with E-state index in [0.29, 0.717) is 0 Å². The first kappa shape index (κ1) is 8.05. The predicted octanol–water partition coefficient (Wildman–Crippen LogP) is 3.64. The highest BCUT2D eigenvalue weighted by atomic mass is 14.2. The third kappa shape index (κ3) is 1.00. The average Bonchev–Trinajstić information content (AvgIpc) is 2.66. The van der Waals surface area contributed by atoms with Crippen LogP contribution in [0.1, 0.15) is 23.1 Å². The molecule has 1 aliphatic rings. The zero-order valence-electron chi connectivity index (χ0n) is 8.51. The molecule has 0 radical (unpaired) electrons. The highest BCUT2D eigenvalue weighted by molar-refractivity contribution is 5.87. The lowest BCUT2D eigenvalue weighted by Gasteiger charge is -2.08. The molecular weight excluding hydrogens is 168 g/mol. The fraction of sp³-hybridized carbons (Fsp3) is 0.286. The van der Waals surface area contributed by atoms with Gasteiger partial charge in [-0.25, -0.2) is 0 Å². The fourth-order valence-electron chi connectivity index (χ4n) is 2.67. The van der Waals surface area contributed by atoms with E-state index in [1.165, 1.54) is 35.6 Å². The van der Waals surface area contributed by atoms with Gasteiger partial charge in [-0.15, -0.1) is 0 Å². The molecule has 0 bridgehead atoms. The quantitative estimate of drug-likeness (QED) is 0.583. The van der Waals surface area contributed by atoms with Crippen molar-refractivity contribution < 1.29 is 0 Å².